The zero-order valence-electron chi connectivity index (χ0n) is 15.5. The van der Waals surface area contributed by atoms with Crippen LogP contribution in [0.15, 0.2) is 60.9 Å². The highest BCUT2D eigenvalue weighted by Crippen LogP contribution is 2.41. The summed E-state index contributed by atoms with van der Waals surface area (Å²) in [5.74, 6) is 0. The number of thiocarbonyl (C=S) groups is 1. The predicted octanol–water partition coefficient (Wildman–Crippen LogP) is 5.56. The van der Waals surface area contributed by atoms with Crippen LogP contribution in [-0.4, -0.2) is 25.6 Å². The number of benzene rings is 1. The second-order valence-corrected chi connectivity index (χ2v) is 8.26. The fourth-order valence-corrected chi connectivity index (χ4v) is 4.72. The SMILES string of the molecule is CC(C)N1C(=S)N[C@H](c2ccccn2)[C@H]1c1cccn1-c1ccc(Cl)cc1Cl. The molecule has 2 aromatic heterocycles. The van der Waals surface area contributed by atoms with Gasteiger partial charge in [-0.15, -0.1) is 0 Å². The van der Waals surface area contributed by atoms with Crippen LogP contribution in [0.2, 0.25) is 10.0 Å². The van der Waals surface area contributed by atoms with Crippen molar-refractivity contribution < 1.29 is 0 Å². The molecular weight excluding hydrogens is 411 g/mol. The van der Waals surface area contributed by atoms with E-state index in [1.54, 1.807) is 6.07 Å². The van der Waals surface area contributed by atoms with Crippen LogP contribution in [0.3, 0.4) is 0 Å². The van der Waals surface area contributed by atoms with Crippen molar-refractivity contribution in [3.63, 3.8) is 0 Å². The Morgan fingerprint density at radius 2 is 1.93 bits per heavy atom. The first-order valence-electron chi connectivity index (χ1n) is 9.10. The van der Waals surface area contributed by atoms with Crippen LogP contribution >= 0.6 is 35.4 Å². The Labute approximate surface area is 180 Å². The fourth-order valence-electron chi connectivity index (χ4n) is 3.77. The summed E-state index contributed by atoms with van der Waals surface area (Å²) in [6, 6.07) is 15.8. The van der Waals surface area contributed by atoms with E-state index in [1.165, 1.54) is 0 Å². The van der Waals surface area contributed by atoms with Gasteiger partial charge in [-0.25, -0.2) is 0 Å². The molecular formula is C21H20Cl2N4S. The van der Waals surface area contributed by atoms with Crippen LogP contribution in [0.25, 0.3) is 5.69 Å². The highest BCUT2D eigenvalue weighted by molar-refractivity contribution is 7.80. The molecule has 0 unspecified atom stereocenters. The molecule has 1 N–H and O–H groups in total. The Kier molecular flexibility index (Phi) is 5.32. The van der Waals surface area contributed by atoms with Gasteiger partial charge in [-0.05, 0) is 68.5 Å². The quantitative estimate of drug-likeness (QED) is 0.549. The lowest BCUT2D eigenvalue weighted by molar-refractivity contribution is 0.262. The van der Waals surface area contributed by atoms with Crippen molar-refractivity contribution in [2.24, 2.45) is 0 Å². The van der Waals surface area contributed by atoms with Gasteiger partial charge < -0.3 is 14.8 Å². The van der Waals surface area contributed by atoms with Gasteiger partial charge in [0.25, 0.3) is 0 Å². The number of halogens is 2. The average molecular weight is 431 g/mol. The molecule has 0 radical (unpaired) electrons. The minimum atomic E-state index is -0.0594. The Balaban J connectivity index is 1.85. The summed E-state index contributed by atoms with van der Waals surface area (Å²) in [7, 11) is 0. The van der Waals surface area contributed by atoms with Crippen molar-refractivity contribution in [3.8, 4) is 5.69 Å². The third kappa shape index (κ3) is 3.39. The molecule has 2 atom stereocenters. The van der Waals surface area contributed by atoms with Crippen molar-refractivity contribution in [1.29, 1.82) is 0 Å². The van der Waals surface area contributed by atoms with Crippen LogP contribution in [-0.2, 0) is 0 Å². The summed E-state index contributed by atoms with van der Waals surface area (Å²) < 4.78 is 2.10. The standard InChI is InChI=1S/C21H20Cl2N4S/c1-13(2)27-20(19(25-21(27)28)16-6-3-4-10-24-16)18-7-5-11-26(18)17-9-8-14(22)12-15(17)23/h3-13,19-20H,1-2H3,(H,25,28)/t19-,20-/m1/s1. The van der Waals surface area contributed by atoms with Crippen LogP contribution in [0.1, 0.15) is 37.3 Å². The van der Waals surface area contributed by atoms with Crippen LogP contribution in [0.5, 0.6) is 0 Å². The monoisotopic (exact) mass is 430 g/mol. The fraction of sp³-hybridized carbons (Fsp3) is 0.238. The van der Waals surface area contributed by atoms with E-state index in [9.17, 15) is 0 Å². The molecule has 7 heteroatoms. The summed E-state index contributed by atoms with van der Waals surface area (Å²) in [4.78, 5) is 6.81. The molecule has 3 heterocycles. The second-order valence-electron chi connectivity index (χ2n) is 7.03. The molecule has 28 heavy (non-hydrogen) atoms. The van der Waals surface area contributed by atoms with E-state index in [2.05, 4.69) is 39.7 Å². The lowest BCUT2D eigenvalue weighted by Gasteiger charge is -2.32. The van der Waals surface area contributed by atoms with Crippen LogP contribution in [0.4, 0.5) is 0 Å². The first kappa shape index (κ1) is 19.2. The minimum Gasteiger partial charge on any atom is -0.352 e. The summed E-state index contributed by atoms with van der Waals surface area (Å²) in [6.45, 7) is 4.29. The topological polar surface area (TPSA) is 33.1 Å². The third-order valence-electron chi connectivity index (χ3n) is 4.94. The van der Waals surface area contributed by atoms with Gasteiger partial charge in [0.15, 0.2) is 5.11 Å². The number of nitrogens with one attached hydrogen (secondary N) is 1. The van der Waals surface area contributed by atoms with Gasteiger partial charge in [-0.3, -0.25) is 4.98 Å². The molecule has 0 spiro atoms. The van der Waals surface area contributed by atoms with Crippen LogP contribution < -0.4 is 5.32 Å². The third-order valence-corrected chi connectivity index (χ3v) is 5.81. The lowest BCUT2D eigenvalue weighted by atomic mass is 10.0. The van der Waals surface area contributed by atoms with Crippen molar-refractivity contribution in [2.75, 3.05) is 0 Å². The van der Waals surface area contributed by atoms with E-state index in [4.69, 9.17) is 35.4 Å². The number of aromatic nitrogens is 2. The van der Waals surface area contributed by atoms with Crippen molar-refractivity contribution in [1.82, 2.24) is 19.8 Å². The molecule has 1 aliphatic heterocycles. The molecule has 0 aliphatic carbocycles. The first-order valence-corrected chi connectivity index (χ1v) is 10.3. The van der Waals surface area contributed by atoms with E-state index in [0.29, 0.717) is 10.0 Å². The zero-order valence-corrected chi connectivity index (χ0v) is 17.8. The minimum absolute atomic E-state index is 0.0239. The van der Waals surface area contributed by atoms with Gasteiger partial charge in [0.2, 0.25) is 0 Å². The smallest absolute Gasteiger partial charge is 0.170 e. The number of pyridine rings is 1. The van der Waals surface area contributed by atoms with Crippen molar-refractivity contribution in [3.05, 3.63) is 82.4 Å². The highest BCUT2D eigenvalue weighted by Gasteiger charge is 2.42. The van der Waals surface area contributed by atoms with Gasteiger partial charge in [-0.2, -0.15) is 0 Å². The number of hydrogen-bond acceptors (Lipinski definition) is 2. The number of hydrogen-bond donors (Lipinski definition) is 1. The maximum atomic E-state index is 6.51. The summed E-state index contributed by atoms with van der Waals surface area (Å²) in [5, 5.41) is 5.41. The number of rotatable bonds is 4. The molecule has 4 rings (SSSR count). The normalized spacial score (nSPS) is 19.3. The Morgan fingerprint density at radius 1 is 1.11 bits per heavy atom. The maximum absolute atomic E-state index is 6.51. The van der Waals surface area contributed by atoms with Crippen molar-refractivity contribution >= 4 is 40.5 Å². The number of nitrogens with zero attached hydrogens (tertiary/aromatic N) is 3. The average Bonchev–Trinajstić information content (AvgIpc) is 3.26. The van der Waals surface area contributed by atoms with Gasteiger partial charge >= 0.3 is 0 Å². The van der Waals surface area contributed by atoms with E-state index >= 15 is 0 Å². The molecule has 0 bridgehead atoms. The second kappa shape index (κ2) is 7.74. The molecule has 0 amide bonds. The van der Waals surface area contributed by atoms with Gasteiger partial charge in [0, 0.05) is 29.2 Å². The molecule has 1 aromatic carbocycles. The van der Waals surface area contributed by atoms with Gasteiger partial charge in [0.1, 0.15) is 0 Å². The van der Waals surface area contributed by atoms with E-state index in [0.717, 1.165) is 22.2 Å². The maximum Gasteiger partial charge on any atom is 0.170 e. The molecule has 1 fully saturated rings. The zero-order chi connectivity index (χ0) is 19.8. The van der Waals surface area contributed by atoms with E-state index < -0.39 is 0 Å². The molecule has 3 aromatic rings. The Hall–Kier alpha value is -2.08. The molecule has 0 saturated carbocycles. The Bertz CT molecular complexity index is 1000. The first-order chi connectivity index (χ1) is 13.5. The summed E-state index contributed by atoms with van der Waals surface area (Å²) in [6.07, 6.45) is 3.82. The van der Waals surface area contributed by atoms with Crippen molar-refractivity contribution in [2.45, 2.75) is 32.0 Å². The predicted molar refractivity (Wildman–Crippen MR) is 118 cm³/mol. The summed E-state index contributed by atoms with van der Waals surface area (Å²) >= 11 is 18.3. The largest absolute Gasteiger partial charge is 0.352 e. The van der Waals surface area contributed by atoms with E-state index in [-0.39, 0.29) is 18.1 Å². The highest BCUT2D eigenvalue weighted by atomic mass is 35.5. The molecule has 4 nitrogen and oxygen atoms in total. The lowest BCUT2D eigenvalue weighted by Crippen LogP contribution is -2.36. The molecule has 1 aliphatic rings. The Morgan fingerprint density at radius 3 is 2.61 bits per heavy atom. The molecule has 144 valence electrons. The van der Waals surface area contributed by atoms with Gasteiger partial charge in [0.05, 0.1) is 28.5 Å². The molecule has 1 saturated heterocycles. The van der Waals surface area contributed by atoms with Crippen LogP contribution in [0, 0.1) is 0 Å². The summed E-state index contributed by atoms with van der Waals surface area (Å²) in [5.41, 5.74) is 2.92. The van der Waals surface area contributed by atoms with E-state index in [1.807, 2.05) is 48.8 Å². The van der Waals surface area contributed by atoms with Gasteiger partial charge in [-0.1, -0.05) is 29.3 Å².